The van der Waals surface area contributed by atoms with E-state index in [9.17, 15) is 25.0 Å². The topological polar surface area (TPSA) is 149 Å². The van der Waals surface area contributed by atoms with Gasteiger partial charge in [-0.1, -0.05) is 0 Å². The second-order valence-electron chi connectivity index (χ2n) is 4.14. The fraction of sp³-hybridized carbons (Fsp3) is 0.0833. The van der Waals surface area contributed by atoms with E-state index in [1.807, 2.05) is 0 Å². The first-order valence-corrected chi connectivity index (χ1v) is 7.51. The zero-order valence-corrected chi connectivity index (χ0v) is 15.0. The van der Waals surface area contributed by atoms with E-state index in [4.69, 9.17) is 5.11 Å². The molecule has 12 heteroatoms. The summed E-state index contributed by atoms with van der Waals surface area (Å²) in [5.41, 5.74) is -0.243. The fourth-order valence-corrected chi connectivity index (χ4v) is 2.22. The summed E-state index contributed by atoms with van der Waals surface area (Å²) in [6, 6.07) is 2.69. The standard InChI is InChI=1S/C6H3BrN2O4.C6H5BrN2O2/c7-5-1-3(6(10)11)4(2-8-5)9(12)13;1-4-2-6(7)8-3-5(4)9(10)11/h1-2H,(H,10,11);2-3H,1H3. The normalized spacial score (nSPS) is 9.62. The molecule has 2 rings (SSSR count). The van der Waals surface area contributed by atoms with E-state index in [-0.39, 0.29) is 15.9 Å². The minimum absolute atomic E-state index is 0.0493. The average molecular weight is 464 g/mol. The van der Waals surface area contributed by atoms with Crippen LogP contribution in [0.4, 0.5) is 11.4 Å². The summed E-state index contributed by atoms with van der Waals surface area (Å²) in [5, 5.41) is 29.2. The Morgan fingerprint density at radius 1 is 1.04 bits per heavy atom. The highest BCUT2D eigenvalue weighted by Crippen LogP contribution is 2.20. The van der Waals surface area contributed by atoms with Gasteiger partial charge < -0.3 is 5.11 Å². The molecule has 126 valence electrons. The Bertz CT molecular complexity index is 814. The van der Waals surface area contributed by atoms with Gasteiger partial charge in [-0.05, 0) is 50.9 Å². The maximum atomic E-state index is 10.5. The zero-order chi connectivity index (χ0) is 18.4. The minimum Gasteiger partial charge on any atom is -0.477 e. The molecule has 2 aromatic heterocycles. The highest BCUT2D eigenvalue weighted by molar-refractivity contribution is 9.10. The van der Waals surface area contributed by atoms with Crippen molar-refractivity contribution in [3.8, 4) is 0 Å². The Labute approximate surface area is 151 Å². The van der Waals surface area contributed by atoms with E-state index in [0.717, 1.165) is 12.3 Å². The predicted octanol–water partition coefficient (Wildman–Crippen LogP) is 3.51. The Kier molecular flexibility index (Phi) is 6.85. The average Bonchev–Trinajstić information content (AvgIpc) is 2.46. The molecule has 0 bridgehead atoms. The molecule has 1 N–H and O–H groups in total. The van der Waals surface area contributed by atoms with Gasteiger partial charge in [0.2, 0.25) is 0 Å². The number of aromatic carboxylic acids is 1. The number of rotatable bonds is 3. The molecule has 10 nitrogen and oxygen atoms in total. The smallest absolute Gasteiger partial charge is 0.342 e. The molecule has 0 aliphatic heterocycles. The number of hydrogen-bond donors (Lipinski definition) is 1. The van der Waals surface area contributed by atoms with Crippen molar-refractivity contribution in [2.24, 2.45) is 0 Å². The number of hydrogen-bond acceptors (Lipinski definition) is 7. The number of carboxylic acids is 1. The summed E-state index contributed by atoms with van der Waals surface area (Å²) in [6.45, 7) is 1.67. The van der Waals surface area contributed by atoms with Gasteiger partial charge in [0.1, 0.15) is 27.2 Å². The van der Waals surface area contributed by atoms with Gasteiger partial charge in [-0.15, -0.1) is 0 Å². The Balaban J connectivity index is 0.000000243. The van der Waals surface area contributed by atoms with Crippen molar-refractivity contribution < 1.29 is 19.7 Å². The lowest BCUT2D eigenvalue weighted by Gasteiger charge is -1.96. The molecule has 0 unspecified atom stereocenters. The number of pyridine rings is 2. The summed E-state index contributed by atoms with van der Waals surface area (Å²) < 4.78 is 0.858. The maximum absolute atomic E-state index is 10.5. The van der Waals surface area contributed by atoms with Gasteiger partial charge in [-0.3, -0.25) is 20.2 Å². The first-order valence-electron chi connectivity index (χ1n) is 5.93. The maximum Gasteiger partial charge on any atom is 0.342 e. The molecule has 0 amide bonds. The van der Waals surface area contributed by atoms with Crippen LogP contribution in [0.1, 0.15) is 15.9 Å². The summed E-state index contributed by atoms with van der Waals surface area (Å²) in [6.07, 6.45) is 2.13. The van der Waals surface area contributed by atoms with Crippen molar-refractivity contribution in [2.45, 2.75) is 6.92 Å². The van der Waals surface area contributed by atoms with Gasteiger partial charge in [-0.2, -0.15) is 0 Å². The second kappa shape index (κ2) is 8.40. The van der Waals surface area contributed by atoms with Crippen LogP contribution < -0.4 is 0 Å². The van der Waals surface area contributed by atoms with Gasteiger partial charge in [0, 0.05) is 5.56 Å². The van der Waals surface area contributed by atoms with Gasteiger partial charge in [0.05, 0.1) is 9.85 Å². The van der Waals surface area contributed by atoms with Crippen LogP contribution in [0.2, 0.25) is 0 Å². The lowest BCUT2D eigenvalue weighted by Crippen LogP contribution is -2.03. The molecule has 0 atom stereocenters. The summed E-state index contributed by atoms with van der Waals surface area (Å²) in [7, 11) is 0. The Hall–Kier alpha value is -2.47. The number of aryl methyl sites for hydroxylation is 1. The molecule has 2 aromatic rings. The molecule has 0 saturated heterocycles. The third kappa shape index (κ3) is 5.31. The molecule has 2 heterocycles. The van der Waals surface area contributed by atoms with Crippen molar-refractivity contribution in [3.05, 3.63) is 65.1 Å². The van der Waals surface area contributed by atoms with Crippen LogP contribution in [-0.2, 0) is 0 Å². The molecule has 0 fully saturated rings. The number of nitro groups is 2. The first kappa shape index (κ1) is 19.6. The monoisotopic (exact) mass is 462 g/mol. The lowest BCUT2D eigenvalue weighted by atomic mass is 10.2. The third-order valence-corrected chi connectivity index (χ3v) is 3.39. The summed E-state index contributed by atoms with van der Waals surface area (Å²) in [5.74, 6) is -1.35. The van der Waals surface area contributed by atoms with E-state index in [1.54, 1.807) is 13.0 Å². The van der Waals surface area contributed by atoms with E-state index in [0.29, 0.717) is 10.2 Å². The first-order chi connectivity index (χ1) is 11.1. The lowest BCUT2D eigenvalue weighted by molar-refractivity contribution is -0.385. The molecular formula is C12H8Br2N4O6. The van der Waals surface area contributed by atoms with Crippen LogP contribution in [0.5, 0.6) is 0 Å². The molecule has 0 spiro atoms. The minimum atomic E-state index is -1.35. The summed E-state index contributed by atoms with van der Waals surface area (Å²) >= 11 is 6.03. The SMILES string of the molecule is Cc1cc(Br)ncc1[N+](=O)[O-].O=C(O)c1cc(Br)ncc1[N+](=O)[O-]. The van der Waals surface area contributed by atoms with Crippen LogP contribution >= 0.6 is 31.9 Å². The highest BCUT2D eigenvalue weighted by atomic mass is 79.9. The van der Waals surface area contributed by atoms with Crippen LogP contribution in [0.3, 0.4) is 0 Å². The molecule has 24 heavy (non-hydrogen) atoms. The Morgan fingerprint density at radius 2 is 1.50 bits per heavy atom. The van der Waals surface area contributed by atoms with Crippen molar-refractivity contribution in [1.82, 2.24) is 9.97 Å². The van der Waals surface area contributed by atoms with E-state index in [2.05, 4.69) is 41.8 Å². The van der Waals surface area contributed by atoms with E-state index < -0.39 is 21.5 Å². The van der Waals surface area contributed by atoms with Gasteiger partial charge >= 0.3 is 11.7 Å². The molecule has 0 radical (unpaired) electrons. The van der Waals surface area contributed by atoms with Crippen LogP contribution in [0.25, 0.3) is 0 Å². The van der Waals surface area contributed by atoms with Gasteiger partial charge in [-0.25, -0.2) is 14.8 Å². The number of carbonyl (C=O) groups is 1. The number of carboxylic acid groups (broad SMARTS) is 1. The predicted molar refractivity (Wildman–Crippen MR) is 88.9 cm³/mol. The number of halogens is 2. The largest absolute Gasteiger partial charge is 0.477 e. The van der Waals surface area contributed by atoms with Crippen LogP contribution in [0, 0.1) is 27.2 Å². The zero-order valence-electron chi connectivity index (χ0n) is 11.8. The van der Waals surface area contributed by atoms with Crippen molar-refractivity contribution in [2.75, 3.05) is 0 Å². The van der Waals surface area contributed by atoms with Gasteiger partial charge in [0.25, 0.3) is 5.69 Å². The molecule has 0 aliphatic carbocycles. The van der Waals surface area contributed by atoms with Crippen molar-refractivity contribution in [1.29, 1.82) is 0 Å². The van der Waals surface area contributed by atoms with E-state index >= 15 is 0 Å². The van der Waals surface area contributed by atoms with Crippen LogP contribution in [0.15, 0.2) is 33.7 Å². The molecule has 0 saturated carbocycles. The van der Waals surface area contributed by atoms with Gasteiger partial charge in [0.15, 0.2) is 0 Å². The second-order valence-corrected chi connectivity index (χ2v) is 5.76. The van der Waals surface area contributed by atoms with Crippen LogP contribution in [-0.4, -0.2) is 30.9 Å². The van der Waals surface area contributed by atoms with Crippen molar-refractivity contribution >= 4 is 49.2 Å². The fourth-order valence-electron chi connectivity index (χ4n) is 1.45. The Morgan fingerprint density at radius 3 is 1.92 bits per heavy atom. The molecular weight excluding hydrogens is 456 g/mol. The number of nitrogens with zero attached hydrogens (tertiary/aromatic N) is 4. The quantitative estimate of drug-likeness (QED) is 0.412. The van der Waals surface area contributed by atoms with Crippen molar-refractivity contribution in [3.63, 3.8) is 0 Å². The highest BCUT2D eigenvalue weighted by Gasteiger charge is 2.20. The van der Waals surface area contributed by atoms with E-state index in [1.165, 1.54) is 6.20 Å². The third-order valence-electron chi connectivity index (χ3n) is 2.52. The summed E-state index contributed by atoms with van der Waals surface area (Å²) in [4.78, 5) is 37.2. The number of aromatic nitrogens is 2. The molecule has 0 aromatic carbocycles. The molecule has 0 aliphatic rings.